The van der Waals surface area contributed by atoms with Gasteiger partial charge >= 0.3 is 0 Å². The first kappa shape index (κ1) is 14.0. The van der Waals surface area contributed by atoms with E-state index in [1.54, 1.807) is 24.9 Å². The summed E-state index contributed by atoms with van der Waals surface area (Å²) in [5.41, 5.74) is 0.664. The summed E-state index contributed by atoms with van der Waals surface area (Å²) in [4.78, 5) is 12.1. The fraction of sp³-hybridized carbons (Fsp3) is 0.692. The van der Waals surface area contributed by atoms with Crippen molar-refractivity contribution in [1.29, 1.82) is 0 Å². The maximum Gasteiger partial charge on any atom is 0.254 e. The summed E-state index contributed by atoms with van der Waals surface area (Å²) in [5, 5.41) is 16.8. The number of aliphatic hydroxyl groups is 1. The van der Waals surface area contributed by atoms with Crippen molar-refractivity contribution in [2.75, 3.05) is 13.7 Å². The Morgan fingerprint density at radius 1 is 1.68 bits per heavy atom. The Morgan fingerprint density at radius 2 is 2.37 bits per heavy atom. The van der Waals surface area contributed by atoms with Gasteiger partial charge in [0.2, 0.25) is 0 Å². The molecule has 2 rings (SSSR count). The van der Waals surface area contributed by atoms with E-state index in [4.69, 9.17) is 4.74 Å². The largest absolute Gasteiger partial charge is 0.390 e. The highest BCUT2D eigenvalue weighted by Crippen LogP contribution is 2.31. The van der Waals surface area contributed by atoms with E-state index in [1.807, 2.05) is 6.92 Å². The number of carbonyl (C=O) groups is 1. The van der Waals surface area contributed by atoms with Gasteiger partial charge in [-0.3, -0.25) is 9.48 Å². The first-order chi connectivity index (χ1) is 8.91. The van der Waals surface area contributed by atoms with E-state index >= 15 is 0 Å². The van der Waals surface area contributed by atoms with E-state index in [9.17, 15) is 9.90 Å². The zero-order chi connectivity index (χ0) is 14.0. The van der Waals surface area contributed by atoms with Crippen molar-refractivity contribution in [3.63, 3.8) is 0 Å². The molecule has 1 saturated carbocycles. The lowest BCUT2D eigenvalue weighted by Crippen LogP contribution is -2.53. The van der Waals surface area contributed by atoms with Crippen LogP contribution in [0.2, 0.25) is 0 Å². The number of aromatic nitrogens is 2. The van der Waals surface area contributed by atoms with E-state index in [1.165, 1.54) is 0 Å². The summed E-state index contributed by atoms with van der Waals surface area (Å²) in [6, 6.07) is 0.0595. The Bertz CT molecular complexity index is 460. The van der Waals surface area contributed by atoms with Crippen LogP contribution in [0.1, 0.15) is 35.8 Å². The number of nitrogens with one attached hydrogen (secondary N) is 1. The molecule has 0 saturated heterocycles. The van der Waals surface area contributed by atoms with Gasteiger partial charge in [0.15, 0.2) is 0 Å². The number of aryl methyl sites for hydroxylation is 1. The fourth-order valence-corrected chi connectivity index (χ4v) is 2.41. The van der Waals surface area contributed by atoms with Gasteiger partial charge in [-0.05, 0) is 26.7 Å². The minimum Gasteiger partial charge on any atom is -0.390 e. The third-order valence-corrected chi connectivity index (χ3v) is 3.42. The quantitative estimate of drug-likeness (QED) is 0.813. The van der Waals surface area contributed by atoms with Crippen molar-refractivity contribution < 1.29 is 14.6 Å². The predicted molar refractivity (Wildman–Crippen MR) is 70.0 cm³/mol. The first-order valence-electron chi connectivity index (χ1n) is 6.47. The van der Waals surface area contributed by atoms with Gasteiger partial charge in [0.25, 0.3) is 5.91 Å². The number of ether oxygens (including phenoxy) is 1. The number of nitrogens with zero attached hydrogens (tertiary/aromatic N) is 2. The van der Waals surface area contributed by atoms with Crippen LogP contribution in [0.4, 0.5) is 0 Å². The predicted octanol–water partition coefficient (Wildman–Crippen LogP) is 0.481. The lowest BCUT2D eigenvalue weighted by molar-refractivity contribution is -0.0366. The molecule has 0 atom stereocenters. The van der Waals surface area contributed by atoms with Crippen LogP contribution in [0, 0.1) is 6.92 Å². The molecule has 1 heterocycles. The van der Waals surface area contributed by atoms with E-state index < -0.39 is 5.60 Å². The minimum absolute atomic E-state index is 0.0595. The molecule has 1 aliphatic rings. The molecular weight excluding hydrogens is 246 g/mol. The van der Waals surface area contributed by atoms with Gasteiger partial charge in [0.05, 0.1) is 30.0 Å². The highest BCUT2D eigenvalue weighted by molar-refractivity contribution is 5.95. The average Bonchev–Trinajstić information content (AvgIpc) is 2.65. The van der Waals surface area contributed by atoms with Gasteiger partial charge < -0.3 is 15.2 Å². The monoisotopic (exact) mass is 267 g/mol. The van der Waals surface area contributed by atoms with Crippen LogP contribution in [0.5, 0.6) is 0 Å². The van der Waals surface area contributed by atoms with Crippen molar-refractivity contribution in [2.45, 2.75) is 44.9 Å². The van der Waals surface area contributed by atoms with E-state index in [0.29, 0.717) is 37.3 Å². The molecule has 1 aromatic rings. The summed E-state index contributed by atoms with van der Waals surface area (Å²) < 4.78 is 6.69. The van der Waals surface area contributed by atoms with Crippen molar-refractivity contribution in [3.05, 3.63) is 17.5 Å². The molecule has 106 valence electrons. The van der Waals surface area contributed by atoms with Crippen LogP contribution in [-0.2, 0) is 11.3 Å². The van der Waals surface area contributed by atoms with Crippen LogP contribution in [0.3, 0.4) is 0 Å². The maximum absolute atomic E-state index is 12.1. The highest BCUT2D eigenvalue weighted by Gasteiger charge is 2.39. The second kappa shape index (κ2) is 5.30. The normalized spacial score (nSPS) is 26.0. The molecule has 19 heavy (non-hydrogen) atoms. The van der Waals surface area contributed by atoms with Gasteiger partial charge in [0.1, 0.15) is 0 Å². The first-order valence-corrected chi connectivity index (χ1v) is 6.47. The number of hydrogen-bond acceptors (Lipinski definition) is 4. The van der Waals surface area contributed by atoms with Crippen LogP contribution in [-0.4, -0.2) is 46.2 Å². The smallest absolute Gasteiger partial charge is 0.254 e. The fourth-order valence-electron chi connectivity index (χ4n) is 2.41. The zero-order valence-corrected chi connectivity index (χ0v) is 11.6. The molecule has 0 bridgehead atoms. The number of amides is 1. The molecule has 1 amide bonds. The van der Waals surface area contributed by atoms with E-state index in [0.717, 1.165) is 0 Å². The number of methoxy groups -OCH3 is 1. The topological polar surface area (TPSA) is 76.4 Å². The third-order valence-electron chi connectivity index (χ3n) is 3.42. The molecule has 0 aromatic carbocycles. The molecule has 1 fully saturated rings. The van der Waals surface area contributed by atoms with Gasteiger partial charge in [-0.2, -0.15) is 5.10 Å². The number of rotatable bonds is 5. The van der Waals surface area contributed by atoms with Crippen LogP contribution < -0.4 is 5.32 Å². The molecule has 0 aliphatic heterocycles. The van der Waals surface area contributed by atoms with Crippen LogP contribution in [0.15, 0.2) is 6.20 Å². The highest BCUT2D eigenvalue weighted by atomic mass is 16.5. The Kier molecular flexibility index (Phi) is 3.91. The lowest BCUT2D eigenvalue weighted by Gasteiger charge is -2.41. The standard InChI is InChI=1S/C13H21N3O3/c1-9-11(8-16(15-9)4-5-19-3)12(17)14-10-6-13(2,18)7-10/h8,10,18H,4-7H2,1-3H3,(H,14,17). The molecular formula is C13H21N3O3. The zero-order valence-electron chi connectivity index (χ0n) is 11.6. The molecule has 0 radical (unpaired) electrons. The molecule has 0 spiro atoms. The third kappa shape index (κ3) is 3.33. The summed E-state index contributed by atoms with van der Waals surface area (Å²) in [6.45, 7) is 4.79. The van der Waals surface area contributed by atoms with Crippen molar-refractivity contribution in [2.24, 2.45) is 0 Å². The van der Waals surface area contributed by atoms with Crippen molar-refractivity contribution >= 4 is 5.91 Å². The van der Waals surface area contributed by atoms with Crippen molar-refractivity contribution in [3.8, 4) is 0 Å². The van der Waals surface area contributed by atoms with Crippen LogP contribution >= 0.6 is 0 Å². The van der Waals surface area contributed by atoms with Gasteiger partial charge in [-0.15, -0.1) is 0 Å². The Morgan fingerprint density at radius 3 is 2.95 bits per heavy atom. The summed E-state index contributed by atoms with van der Waals surface area (Å²) in [7, 11) is 1.63. The lowest BCUT2D eigenvalue weighted by atomic mass is 9.77. The molecule has 0 unspecified atom stereocenters. The second-order valence-electron chi connectivity index (χ2n) is 5.46. The molecule has 6 heteroatoms. The second-order valence-corrected chi connectivity index (χ2v) is 5.46. The summed E-state index contributed by atoms with van der Waals surface area (Å²) >= 11 is 0. The van der Waals surface area contributed by atoms with E-state index in [2.05, 4.69) is 10.4 Å². The molecule has 1 aliphatic carbocycles. The van der Waals surface area contributed by atoms with Gasteiger partial charge in [0, 0.05) is 19.3 Å². The van der Waals surface area contributed by atoms with Gasteiger partial charge in [-0.1, -0.05) is 0 Å². The summed E-state index contributed by atoms with van der Waals surface area (Å²) in [5.74, 6) is -0.123. The SMILES string of the molecule is COCCn1cc(C(=O)NC2CC(C)(O)C2)c(C)n1. The Balaban J connectivity index is 1.93. The van der Waals surface area contributed by atoms with Gasteiger partial charge in [-0.25, -0.2) is 0 Å². The molecule has 6 nitrogen and oxygen atoms in total. The number of carbonyl (C=O) groups excluding carboxylic acids is 1. The molecule has 1 aromatic heterocycles. The number of hydrogen-bond donors (Lipinski definition) is 2. The van der Waals surface area contributed by atoms with Crippen molar-refractivity contribution in [1.82, 2.24) is 15.1 Å². The Labute approximate surface area is 112 Å². The summed E-state index contributed by atoms with van der Waals surface area (Å²) in [6.07, 6.45) is 2.95. The Hall–Kier alpha value is -1.40. The molecule has 2 N–H and O–H groups in total. The average molecular weight is 267 g/mol. The van der Waals surface area contributed by atoms with E-state index in [-0.39, 0.29) is 11.9 Å². The van der Waals surface area contributed by atoms with Crippen LogP contribution in [0.25, 0.3) is 0 Å². The maximum atomic E-state index is 12.1. The minimum atomic E-state index is -0.629.